The molecule has 2 nitrogen and oxygen atoms in total. The number of hydrogen-bond donors (Lipinski definition) is 2. The second kappa shape index (κ2) is 5.69. The van der Waals surface area contributed by atoms with Gasteiger partial charge in [-0.15, -0.1) is 0 Å². The summed E-state index contributed by atoms with van der Waals surface area (Å²) in [5, 5.41) is 9.41. The standard InChI is InChI=1S/C16H19NO/c1-12-4-2-5-13(8-12)9-15(17)10-14-6-3-7-16(18)11-14/h2-8,11,15,18H,9-10,17H2,1H3. The number of aryl methyl sites for hydroxylation is 1. The third-order valence-electron chi connectivity index (χ3n) is 2.99. The van der Waals surface area contributed by atoms with E-state index in [1.54, 1.807) is 12.1 Å². The fraction of sp³-hybridized carbons (Fsp3) is 0.250. The van der Waals surface area contributed by atoms with Crippen LogP contribution in [0.25, 0.3) is 0 Å². The molecule has 1 atom stereocenters. The van der Waals surface area contributed by atoms with Crippen LogP contribution in [0, 0.1) is 6.92 Å². The molecule has 18 heavy (non-hydrogen) atoms. The molecule has 0 aliphatic heterocycles. The molecule has 3 N–H and O–H groups in total. The molecule has 0 bridgehead atoms. The van der Waals surface area contributed by atoms with Crippen LogP contribution >= 0.6 is 0 Å². The molecule has 0 saturated carbocycles. The number of aromatic hydroxyl groups is 1. The molecule has 1 unspecified atom stereocenters. The highest BCUT2D eigenvalue weighted by molar-refractivity contribution is 5.28. The summed E-state index contributed by atoms with van der Waals surface area (Å²) >= 11 is 0. The molecule has 2 rings (SSSR count). The van der Waals surface area contributed by atoms with Crippen molar-refractivity contribution in [3.8, 4) is 5.75 Å². The maximum Gasteiger partial charge on any atom is 0.115 e. The second-order valence-electron chi connectivity index (χ2n) is 4.83. The van der Waals surface area contributed by atoms with E-state index >= 15 is 0 Å². The van der Waals surface area contributed by atoms with Crippen LogP contribution in [0.15, 0.2) is 48.5 Å². The number of nitrogens with two attached hydrogens (primary N) is 1. The summed E-state index contributed by atoms with van der Waals surface area (Å²) in [5.41, 5.74) is 9.76. The van der Waals surface area contributed by atoms with Crippen molar-refractivity contribution >= 4 is 0 Å². The molecule has 0 aliphatic rings. The first kappa shape index (κ1) is 12.7. The van der Waals surface area contributed by atoms with Crippen molar-refractivity contribution in [1.29, 1.82) is 0 Å². The van der Waals surface area contributed by atoms with Crippen molar-refractivity contribution in [2.45, 2.75) is 25.8 Å². The Labute approximate surface area is 108 Å². The fourth-order valence-electron chi connectivity index (χ4n) is 2.20. The van der Waals surface area contributed by atoms with Gasteiger partial charge in [-0.3, -0.25) is 0 Å². The number of rotatable bonds is 4. The zero-order chi connectivity index (χ0) is 13.0. The Morgan fingerprint density at radius 3 is 2.22 bits per heavy atom. The molecule has 0 fully saturated rings. The Balaban J connectivity index is 1.98. The average molecular weight is 241 g/mol. The maximum atomic E-state index is 9.41. The largest absolute Gasteiger partial charge is 0.508 e. The molecule has 2 heteroatoms. The molecule has 0 amide bonds. The van der Waals surface area contributed by atoms with E-state index in [1.807, 2.05) is 12.1 Å². The highest BCUT2D eigenvalue weighted by Gasteiger charge is 2.06. The average Bonchev–Trinajstić information content (AvgIpc) is 2.28. The van der Waals surface area contributed by atoms with E-state index in [9.17, 15) is 5.11 Å². The summed E-state index contributed by atoms with van der Waals surface area (Å²) < 4.78 is 0. The number of phenolic OH excluding ortho intramolecular Hbond substituents is 1. The van der Waals surface area contributed by atoms with Gasteiger partial charge in [0.2, 0.25) is 0 Å². The van der Waals surface area contributed by atoms with Gasteiger partial charge in [-0.05, 0) is 43.0 Å². The topological polar surface area (TPSA) is 46.2 Å². The number of phenols is 1. The quantitative estimate of drug-likeness (QED) is 0.864. The highest BCUT2D eigenvalue weighted by Crippen LogP contribution is 2.14. The lowest BCUT2D eigenvalue weighted by Gasteiger charge is -2.12. The van der Waals surface area contributed by atoms with Crippen LogP contribution in [0.2, 0.25) is 0 Å². The Hall–Kier alpha value is -1.80. The molecule has 0 spiro atoms. The van der Waals surface area contributed by atoms with Gasteiger partial charge in [0, 0.05) is 6.04 Å². The SMILES string of the molecule is Cc1cccc(CC(N)Cc2cccc(O)c2)c1. The fourth-order valence-corrected chi connectivity index (χ4v) is 2.20. The van der Waals surface area contributed by atoms with Crippen LogP contribution in [0.5, 0.6) is 5.75 Å². The van der Waals surface area contributed by atoms with Crippen LogP contribution in [-0.2, 0) is 12.8 Å². The second-order valence-corrected chi connectivity index (χ2v) is 4.83. The van der Waals surface area contributed by atoms with E-state index in [1.165, 1.54) is 11.1 Å². The zero-order valence-corrected chi connectivity index (χ0v) is 10.6. The first-order valence-corrected chi connectivity index (χ1v) is 6.22. The predicted molar refractivity (Wildman–Crippen MR) is 74.7 cm³/mol. The number of benzene rings is 2. The van der Waals surface area contributed by atoms with Gasteiger partial charge < -0.3 is 10.8 Å². The van der Waals surface area contributed by atoms with Crippen molar-refractivity contribution in [1.82, 2.24) is 0 Å². The minimum absolute atomic E-state index is 0.0774. The normalized spacial score (nSPS) is 12.3. The van der Waals surface area contributed by atoms with E-state index in [0.717, 1.165) is 18.4 Å². The summed E-state index contributed by atoms with van der Waals surface area (Å²) in [6.45, 7) is 2.09. The Morgan fingerprint density at radius 2 is 1.61 bits per heavy atom. The number of hydrogen-bond acceptors (Lipinski definition) is 2. The van der Waals surface area contributed by atoms with E-state index in [2.05, 4.69) is 31.2 Å². The third-order valence-corrected chi connectivity index (χ3v) is 2.99. The molecule has 0 saturated heterocycles. The van der Waals surface area contributed by atoms with Crippen molar-refractivity contribution in [2.24, 2.45) is 5.73 Å². The van der Waals surface area contributed by atoms with Gasteiger partial charge in [0.05, 0.1) is 0 Å². The first-order valence-electron chi connectivity index (χ1n) is 6.22. The molecular weight excluding hydrogens is 222 g/mol. The van der Waals surface area contributed by atoms with Crippen molar-refractivity contribution < 1.29 is 5.11 Å². The molecule has 0 aliphatic carbocycles. The molecule has 0 heterocycles. The zero-order valence-electron chi connectivity index (χ0n) is 10.6. The maximum absolute atomic E-state index is 9.41. The predicted octanol–water partition coefficient (Wildman–Crippen LogP) is 2.81. The van der Waals surface area contributed by atoms with E-state index in [0.29, 0.717) is 5.75 Å². The Morgan fingerprint density at radius 1 is 1.00 bits per heavy atom. The molecule has 0 aromatic heterocycles. The first-order chi connectivity index (χ1) is 8.63. The monoisotopic (exact) mass is 241 g/mol. The van der Waals surface area contributed by atoms with Gasteiger partial charge in [0.25, 0.3) is 0 Å². The minimum atomic E-state index is 0.0774. The van der Waals surface area contributed by atoms with Crippen LogP contribution < -0.4 is 5.73 Å². The molecule has 2 aromatic carbocycles. The van der Waals surface area contributed by atoms with Gasteiger partial charge in [-0.2, -0.15) is 0 Å². The van der Waals surface area contributed by atoms with Gasteiger partial charge in [0.1, 0.15) is 5.75 Å². The van der Waals surface area contributed by atoms with Gasteiger partial charge in [-0.25, -0.2) is 0 Å². The van der Waals surface area contributed by atoms with E-state index in [-0.39, 0.29) is 6.04 Å². The lowest BCUT2D eigenvalue weighted by atomic mass is 9.99. The van der Waals surface area contributed by atoms with Gasteiger partial charge >= 0.3 is 0 Å². The lowest BCUT2D eigenvalue weighted by Crippen LogP contribution is -2.25. The van der Waals surface area contributed by atoms with Crippen LogP contribution in [0.1, 0.15) is 16.7 Å². The van der Waals surface area contributed by atoms with Crippen LogP contribution in [0.4, 0.5) is 0 Å². The van der Waals surface area contributed by atoms with Crippen LogP contribution in [0.3, 0.4) is 0 Å². The minimum Gasteiger partial charge on any atom is -0.508 e. The summed E-state index contributed by atoms with van der Waals surface area (Å²) in [5.74, 6) is 0.301. The Bertz CT molecular complexity index is 475. The van der Waals surface area contributed by atoms with Crippen LogP contribution in [-0.4, -0.2) is 11.1 Å². The van der Waals surface area contributed by atoms with Crippen molar-refractivity contribution in [2.75, 3.05) is 0 Å². The van der Waals surface area contributed by atoms with Crippen molar-refractivity contribution in [3.05, 3.63) is 65.2 Å². The lowest BCUT2D eigenvalue weighted by molar-refractivity contribution is 0.474. The Kier molecular flexibility index (Phi) is 4.00. The summed E-state index contributed by atoms with van der Waals surface area (Å²) in [6, 6.07) is 15.8. The van der Waals surface area contributed by atoms with E-state index < -0.39 is 0 Å². The van der Waals surface area contributed by atoms with Gasteiger partial charge in [0.15, 0.2) is 0 Å². The molecular formula is C16H19NO. The summed E-state index contributed by atoms with van der Waals surface area (Å²) in [6.07, 6.45) is 1.64. The third kappa shape index (κ3) is 3.60. The summed E-state index contributed by atoms with van der Waals surface area (Å²) in [4.78, 5) is 0. The highest BCUT2D eigenvalue weighted by atomic mass is 16.3. The summed E-state index contributed by atoms with van der Waals surface area (Å²) in [7, 11) is 0. The van der Waals surface area contributed by atoms with Crippen molar-refractivity contribution in [3.63, 3.8) is 0 Å². The van der Waals surface area contributed by atoms with Gasteiger partial charge in [-0.1, -0.05) is 42.0 Å². The molecule has 2 aromatic rings. The molecule has 0 radical (unpaired) electrons. The van der Waals surface area contributed by atoms with E-state index in [4.69, 9.17) is 5.73 Å². The molecule has 94 valence electrons. The smallest absolute Gasteiger partial charge is 0.115 e.